The van der Waals surface area contributed by atoms with Crippen LogP contribution in [0.15, 0.2) is 29.3 Å². The van der Waals surface area contributed by atoms with Crippen LogP contribution in [0.3, 0.4) is 0 Å². The Morgan fingerprint density at radius 2 is 2.00 bits per heavy atom. The number of nitrogens with two attached hydrogens (primary N) is 1. The Hall–Kier alpha value is -1.35. The van der Waals surface area contributed by atoms with Gasteiger partial charge in [-0.05, 0) is 19.8 Å². The molecule has 0 radical (unpaired) electrons. The highest BCUT2D eigenvalue weighted by Gasteiger charge is 2.21. The second-order valence-corrected chi connectivity index (χ2v) is 3.72. The summed E-state index contributed by atoms with van der Waals surface area (Å²) in [6.07, 6.45) is 2.38. The molecule has 0 aliphatic heterocycles. The van der Waals surface area contributed by atoms with Gasteiger partial charge in [0.2, 0.25) is 0 Å². The van der Waals surface area contributed by atoms with Gasteiger partial charge in [-0.2, -0.15) is 0 Å². The number of nitrogens with zero attached hydrogens (tertiary/aromatic N) is 1. The zero-order valence-electron chi connectivity index (χ0n) is 8.33. The quantitative estimate of drug-likeness (QED) is 0.319. The fraction of sp³-hybridized carbons (Fsp3) is 0.364. The van der Waals surface area contributed by atoms with Crippen LogP contribution in [0, 0.1) is 6.92 Å². The molecule has 0 saturated heterocycles. The zero-order valence-corrected chi connectivity index (χ0v) is 8.33. The van der Waals surface area contributed by atoms with Crippen LogP contribution in [0.4, 0.5) is 0 Å². The second-order valence-electron chi connectivity index (χ2n) is 3.72. The smallest absolute Gasteiger partial charge is 0.142 e. The van der Waals surface area contributed by atoms with E-state index >= 15 is 0 Å². The average Bonchev–Trinajstić information content (AvgIpc) is 3.00. The minimum atomic E-state index is 0.488. The number of aliphatic imine (C=N–C) groups is 1. The van der Waals surface area contributed by atoms with E-state index in [1.807, 2.05) is 12.1 Å². The molecular formula is C11H15N3. The summed E-state index contributed by atoms with van der Waals surface area (Å²) in [5.41, 5.74) is 4.97. The molecule has 1 saturated carbocycles. The van der Waals surface area contributed by atoms with Crippen molar-refractivity contribution in [2.24, 2.45) is 10.8 Å². The van der Waals surface area contributed by atoms with Crippen molar-refractivity contribution in [2.45, 2.75) is 25.8 Å². The molecule has 3 nitrogen and oxygen atoms in total. The highest BCUT2D eigenvalue weighted by Crippen LogP contribution is 2.24. The molecule has 3 heteroatoms. The maximum atomic E-state index is 5.44. The first-order valence-corrected chi connectivity index (χ1v) is 4.91. The van der Waals surface area contributed by atoms with Crippen molar-refractivity contribution in [1.29, 1.82) is 0 Å². The largest absolute Gasteiger partial charge is 0.308 e. The molecule has 74 valence electrons. The van der Waals surface area contributed by atoms with E-state index in [1.165, 1.54) is 18.4 Å². The van der Waals surface area contributed by atoms with Crippen LogP contribution >= 0.6 is 0 Å². The summed E-state index contributed by atoms with van der Waals surface area (Å²) in [4.78, 5) is 4.49. The third-order valence-electron chi connectivity index (χ3n) is 2.32. The Morgan fingerprint density at radius 3 is 2.50 bits per heavy atom. The molecule has 14 heavy (non-hydrogen) atoms. The molecule has 0 atom stereocenters. The summed E-state index contributed by atoms with van der Waals surface area (Å²) in [5.74, 6) is 6.24. The van der Waals surface area contributed by atoms with Crippen molar-refractivity contribution in [3.8, 4) is 0 Å². The first-order valence-electron chi connectivity index (χ1n) is 4.91. The van der Waals surface area contributed by atoms with Gasteiger partial charge in [-0.15, -0.1) is 0 Å². The molecule has 0 heterocycles. The molecule has 0 unspecified atom stereocenters. The Labute approximate surface area is 84.0 Å². The maximum Gasteiger partial charge on any atom is 0.142 e. The Bertz CT molecular complexity index is 336. The summed E-state index contributed by atoms with van der Waals surface area (Å²) in [5, 5.41) is 0. The van der Waals surface area contributed by atoms with Gasteiger partial charge in [0.1, 0.15) is 5.84 Å². The number of hydrogen-bond acceptors (Lipinski definition) is 2. The van der Waals surface area contributed by atoms with Crippen LogP contribution in [0.1, 0.15) is 24.0 Å². The minimum absolute atomic E-state index is 0.488. The van der Waals surface area contributed by atoms with Gasteiger partial charge in [-0.3, -0.25) is 4.99 Å². The van der Waals surface area contributed by atoms with E-state index in [-0.39, 0.29) is 0 Å². The molecule has 1 aliphatic carbocycles. The van der Waals surface area contributed by atoms with E-state index in [0.717, 1.165) is 11.4 Å². The van der Waals surface area contributed by atoms with Crippen molar-refractivity contribution in [3.05, 3.63) is 35.4 Å². The Morgan fingerprint density at radius 1 is 1.36 bits per heavy atom. The molecule has 0 bridgehead atoms. The Kier molecular flexibility index (Phi) is 2.50. The first kappa shape index (κ1) is 9.21. The third kappa shape index (κ3) is 2.12. The summed E-state index contributed by atoms with van der Waals surface area (Å²) in [6, 6.07) is 8.69. The molecule has 0 spiro atoms. The second kappa shape index (κ2) is 3.80. The van der Waals surface area contributed by atoms with E-state index in [2.05, 4.69) is 29.5 Å². The van der Waals surface area contributed by atoms with E-state index in [1.54, 1.807) is 0 Å². The number of benzene rings is 1. The molecule has 0 amide bonds. The van der Waals surface area contributed by atoms with Crippen LogP contribution in [0.25, 0.3) is 0 Å². The lowest BCUT2D eigenvalue weighted by atomic mass is 10.1. The van der Waals surface area contributed by atoms with Crippen LogP contribution in [-0.2, 0) is 0 Å². The van der Waals surface area contributed by atoms with Gasteiger partial charge in [0.15, 0.2) is 0 Å². The summed E-state index contributed by atoms with van der Waals surface area (Å²) >= 11 is 0. The number of aryl methyl sites for hydroxylation is 1. The molecule has 1 aromatic rings. The topological polar surface area (TPSA) is 50.4 Å². The van der Waals surface area contributed by atoms with Gasteiger partial charge in [0.05, 0.1) is 6.04 Å². The monoisotopic (exact) mass is 189 g/mol. The number of nitrogens with one attached hydrogen (secondary N) is 1. The molecule has 2 rings (SSSR count). The van der Waals surface area contributed by atoms with Crippen LogP contribution in [0.5, 0.6) is 0 Å². The fourth-order valence-corrected chi connectivity index (χ4v) is 1.29. The van der Waals surface area contributed by atoms with E-state index in [9.17, 15) is 0 Å². The van der Waals surface area contributed by atoms with Crippen molar-refractivity contribution in [3.63, 3.8) is 0 Å². The number of amidine groups is 1. The standard InChI is InChI=1S/C11H15N3/c1-8-2-4-9(5-3-8)11(14-12)13-10-6-7-10/h2-5,10H,6-7,12H2,1H3,(H,13,14). The van der Waals surface area contributed by atoms with Crippen molar-refractivity contribution < 1.29 is 0 Å². The molecule has 0 aromatic heterocycles. The van der Waals surface area contributed by atoms with Crippen LogP contribution in [0.2, 0.25) is 0 Å². The van der Waals surface area contributed by atoms with E-state index < -0.39 is 0 Å². The predicted molar refractivity (Wildman–Crippen MR) is 58.1 cm³/mol. The number of rotatable bonds is 2. The fourth-order valence-electron chi connectivity index (χ4n) is 1.29. The minimum Gasteiger partial charge on any atom is -0.308 e. The maximum absolute atomic E-state index is 5.44. The predicted octanol–water partition coefficient (Wildman–Crippen LogP) is 1.37. The molecule has 3 N–H and O–H groups in total. The summed E-state index contributed by atoms with van der Waals surface area (Å²) < 4.78 is 0. The van der Waals surface area contributed by atoms with Gasteiger partial charge < -0.3 is 5.43 Å². The first-order chi connectivity index (χ1) is 6.79. The molecule has 1 aliphatic rings. The lowest BCUT2D eigenvalue weighted by molar-refractivity contribution is 0.971. The molecular weight excluding hydrogens is 174 g/mol. The highest BCUT2D eigenvalue weighted by atomic mass is 15.3. The lowest BCUT2D eigenvalue weighted by Crippen LogP contribution is -2.31. The van der Waals surface area contributed by atoms with Crippen molar-refractivity contribution in [2.75, 3.05) is 0 Å². The van der Waals surface area contributed by atoms with Gasteiger partial charge >= 0.3 is 0 Å². The highest BCUT2D eigenvalue weighted by molar-refractivity contribution is 5.98. The zero-order chi connectivity index (χ0) is 9.97. The molecule has 1 aromatic carbocycles. The number of hydrazine groups is 1. The van der Waals surface area contributed by atoms with E-state index in [0.29, 0.717) is 6.04 Å². The van der Waals surface area contributed by atoms with Crippen molar-refractivity contribution in [1.82, 2.24) is 5.43 Å². The van der Waals surface area contributed by atoms with Crippen LogP contribution < -0.4 is 11.3 Å². The summed E-state index contributed by atoms with van der Waals surface area (Å²) in [6.45, 7) is 2.07. The SMILES string of the molecule is Cc1ccc(C(=NC2CC2)NN)cc1. The lowest BCUT2D eigenvalue weighted by Gasteiger charge is -2.05. The van der Waals surface area contributed by atoms with Gasteiger partial charge in [-0.25, -0.2) is 5.84 Å². The molecule has 1 fully saturated rings. The van der Waals surface area contributed by atoms with Crippen molar-refractivity contribution >= 4 is 5.84 Å². The normalized spacial score (nSPS) is 16.9. The van der Waals surface area contributed by atoms with E-state index in [4.69, 9.17) is 5.84 Å². The summed E-state index contributed by atoms with van der Waals surface area (Å²) in [7, 11) is 0. The van der Waals surface area contributed by atoms with Gasteiger partial charge in [0, 0.05) is 5.56 Å². The van der Waals surface area contributed by atoms with Crippen LogP contribution in [-0.4, -0.2) is 11.9 Å². The average molecular weight is 189 g/mol. The third-order valence-corrected chi connectivity index (χ3v) is 2.32. The van der Waals surface area contributed by atoms with Gasteiger partial charge in [0.25, 0.3) is 0 Å². The Balaban J connectivity index is 2.22. The van der Waals surface area contributed by atoms with Gasteiger partial charge in [-0.1, -0.05) is 29.8 Å². The number of hydrogen-bond donors (Lipinski definition) is 2.